The molecule has 0 aliphatic carbocycles. The second-order valence-corrected chi connectivity index (χ2v) is 4.23. The van der Waals surface area contributed by atoms with Crippen LogP contribution in [0.5, 0.6) is 0 Å². The maximum absolute atomic E-state index is 4.57. The molecule has 0 aromatic rings. The van der Waals surface area contributed by atoms with Crippen molar-refractivity contribution in [3.05, 3.63) is 0 Å². The molecule has 1 N–H and O–H groups in total. The van der Waals surface area contributed by atoms with Crippen molar-refractivity contribution < 1.29 is 0 Å². The van der Waals surface area contributed by atoms with Gasteiger partial charge in [-0.25, -0.2) is 0 Å². The maximum Gasteiger partial charge on any atom is 0.0151 e. The van der Waals surface area contributed by atoms with Gasteiger partial charge in [0.05, 0.1) is 0 Å². The van der Waals surface area contributed by atoms with Gasteiger partial charge in [-0.2, -0.15) is 12.6 Å². The first-order valence-electron chi connectivity index (χ1n) is 3.56. The van der Waals surface area contributed by atoms with Crippen LogP contribution in [-0.4, -0.2) is 17.8 Å². The molecule has 1 nitrogen and oxygen atoms in total. The minimum absolute atomic E-state index is 0.269. The molecule has 0 spiro atoms. The molecule has 1 heterocycles. The normalized spacial score (nSPS) is 45.0. The first kappa shape index (κ1) is 7.42. The van der Waals surface area contributed by atoms with E-state index in [1.54, 1.807) is 0 Å². The highest BCUT2D eigenvalue weighted by Gasteiger charge is 2.29. The van der Waals surface area contributed by atoms with E-state index in [9.17, 15) is 0 Å². The molecule has 2 atom stereocenters. The predicted molar refractivity (Wildman–Crippen MR) is 44.0 cm³/mol. The second-order valence-electron chi connectivity index (χ2n) is 3.21. The molecule has 2 heteroatoms. The van der Waals surface area contributed by atoms with E-state index in [0.717, 1.165) is 13.1 Å². The van der Waals surface area contributed by atoms with E-state index < -0.39 is 0 Å². The summed E-state index contributed by atoms with van der Waals surface area (Å²) in [6, 6.07) is 0. The third-order valence-corrected chi connectivity index (χ3v) is 2.98. The molecule has 1 fully saturated rings. The Kier molecular flexibility index (Phi) is 2.07. The summed E-state index contributed by atoms with van der Waals surface area (Å²) in [6.07, 6.45) is 1.19. The highest BCUT2D eigenvalue weighted by Crippen LogP contribution is 2.29. The van der Waals surface area contributed by atoms with Crippen molar-refractivity contribution in [2.24, 2.45) is 5.92 Å². The van der Waals surface area contributed by atoms with Crippen LogP contribution in [0.25, 0.3) is 0 Å². The van der Waals surface area contributed by atoms with E-state index in [4.69, 9.17) is 0 Å². The van der Waals surface area contributed by atoms with Gasteiger partial charge in [-0.05, 0) is 25.4 Å². The highest BCUT2D eigenvalue weighted by molar-refractivity contribution is 7.81. The lowest BCUT2D eigenvalue weighted by Crippen LogP contribution is -2.43. The standard InChI is InChI=1S/C7H15NS/c1-6-5-8-4-3-7(6,2)9/h6,8-9H,3-5H2,1-2H3. The molecule has 0 saturated carbocycles. The molecule has 1 rings (SSSR count). The Morgan fingerprint density at radius 3 is 2.67 bits per heavy atom. The van der Waals surface area contributed by atoms with E-state index >= 15 is 0 Å². The Balaban J connectivity index is 2.49. The van der Waals surface area contributed by atoms with Crippen LogP contribution in [0.2, 0.25) is 0 Å². The average Bonchev–Trinajstić information content (AvgIpc) is 1.77. The van der Waals surface area contributed by atoms with Gasteiger partial charge >= 0.3 is 0 Å². The van der Waals surface area contributed by atoms with Crippen LogP contribution in [0.1, 0.15) is 20.3 Å². The molecule has 1 aliphatic heterocycles. The van der Waals surface area contributed by atoms with Gasteiger partial charge in [-0.15, -0.1) is 0 Å². The minimum atomic E-state index is 0.269. The molecule has 2 unspecified atom stereocenters. The van der Waals surface area contributed by atoms with E-state index in [1.165, 1.54) is 6.42 Å². The van der Waals surface area contributed by atoms with Gasteiger partial charge in [0.25, 0.3) is 0 Å². The van der Waals surface area contributed by atoms with Crippen LogP contribution in [0.15, 0.2) is 0 Å². The summed E-state index contributed by atoms with van der Waals surface area (Å²) in [5.74, 6) is 0.703. The second kappa shape index (κ2) is 2.51. The zero-order valence-corrected chi connectivity index (χ0v) is 7.04. The van der Waals surface area contributed by atoms with Gasteiger partial charge < -0.3 is 5.32 Å². The first-order valence-corrected chi connectivity index (χ1v) is 4.01. The number of nitrogens with one attached hydrogen (secondary N) is 1. The van der Waals surface area contributed by atoms with Crippen LogP contribution in [0, 0.1) is 5.92 Å². The van der Waals surface area contributed by atoms with E-state index in [2.05, 4.69) is 31.8 Å². The van der Waals surface area contributed by atoms with Crippen molar-refractivity contribution in [1.82, 2.24) is 5.32 Å². The number of rotatable bonds is 0. The van der Waals surface area contributed by atoms with E-state index in [-0.39, 0.29) is 4.75 Å². The number of hydrogen-bond donors (Lipinski definition) is 2. The lowest BCUT2D eigenvalue weighted by Gasteiger charge is -2.35. The predicted octanol–water partition coefficient (Wildman–Crippen LogP) is 1.30. The largest absolute Gasteiger partial charge is 0.316 e. The number of hydrogen-bond acceptors (Lipinski definition) is 2. The molecule has 9 heavy (non-hydrogen) atoms. The third-order valence-electron chi connectivity index (χ3n) is 2.32. The number of thiol groups is 1. The zero-order chi connectivity index (χ0) is 6.91. The summed E-state index contributed by atoms with van der Waals surface area (Å²) in [5, 5.41) is 3.34. The van der Waals surface area contributed by atoms with Gasteiger partial charge in [-0.3, -0.25) is 0 Å². The Hall–Kier alpha value is 0.310. The highest BCUT2D eigenvalue weighted by atomic mass is 32.1. The Labute approximate surface area is 62.6 Å². The summed E-state index contributed by atoms with van der Waals surface area (Å²) in [7, 11) is 0. The van der Waals surface area contributed by atoms with Crippen LogP contribution in [-0.2, 0) is 0 Å². The van der Waals surface area contributed by atoms with Crippen LogP contribution >= 0.6 is 12.6 Å². The molecule has 1 saturated heterocycles. The maximum atomic E-state index is 4.57. The summed E-state index contributed by atoms with van der Waals surface area (Å²) >= 11 is 4.57. The molecule has 54 valence electrons. The van der Waals surface area contributed by atoms with Crippen LogP contribution < -0.4 is 5.32 Å². The lowest BCUT2D eigenvalue weighted by atomic mass is 9.89. The van der Waals surface area contributed by atoms with Gasteiger partial charge in [0.15, 0.2) is 0 Å². The van der Waals surface area contributed by atoms with Gasteiger partial charge in [0.2, 0.25) is 0 Å². The molecule has 0 aromatic carbocycles. The van der Waals surface area contributed by atoms with Crippen molar-refractivity contribution in [1.29, 1.82) is 0 Å². The SMILES string of the molecule is CC1CNCCC1(C)S. The minimum Gasteiger partial charge on any atom is -0.316 e. The van der Waals surface area contributed by atoms with Crippen molar-refractivity contribution in [3.63, 3.8) is 0 Å². The third kappa shape index (κ3) is 1.62. The quantitative estimate of drug-likeness (QED) is 0.490. The van der Waals surface area contributed by atoms with Crippen molar-refractivity contribution in [2.75, 3.05) is 13.1 Å². The molecule has 0 bridgehead atoms. The molecular weight excluding hydrogens is 130 g/mol. The molecular formula is C7H15NS. The van der Waals surface area contributed by atoms with Gasteiger partial charge in [-0.1, -0.05) is 13.8 Å². The summed E-state index contributed by atoms with van der Waals surface area (Å²) in [4.78, 5) is 0. The topological polar surface area (TPSA) is 12.0 Å². The van der Waals surface area contributed by atoms with E-state index in [1.807, 2.05) is 0 Å². The Bertz CT molecular complexity index is 101. The summed E-state index contributed by atoms with van der Waals surface area (Å²) in [6.45, 7) is 6.73. The zero-order valence-electron chi connectivity index (χ0n) is 6.15. The smallest absolute Gasteiger partial charge is 0.0151 e. The molecule has 0 radical (unpaired) electrons. The summed E-state index contributed by atoms with van der Waals surface area (Å²) < 4.78 is 0.269. The van der Waals surface area contributed by atoms with Gasteiger partial charge in [0, 0.05) is 4.75 Å². The lowest BCUT2D eigenvalue weighted by molar-refractivity contribution is 0.333. The van der Waals surface area contributed by atoms with Crippen molar-refractivity contribution >= 4 is 12.6 Å². The fourth-order valence-electron chi connectivity index (χ4n) is 1.13. The van der Waals surface area contributed by atoms with Crippen molar-refractivity contribution in [2.45, 2.75) is 25.0 Å². The fraction of sp³-hybridized carbons (Fsp3) is 1.00. The first-order chi connectivity index (χ1) is 4.13. The van der Waals surface area contributed by atoms with Crippen molar-refractivity contribution in [3.8, 4) is 0 Å². The van der Waals surface area contributed by atoms with Crippen LogP contribution in [0.3, 0.4) is 0 Å². The van der Waals surface area contributed by atoms with Gasteiger partial charge in [0.1, 0.15) is 0 Å². The Morgan fingerprint density at radius 2 is 2.33 bits per heavy atom. The average molecular weight is 145 g/mol. The van der Waals surface area contributed by atoms with Crippen LogP contribution in [0.4, 0.5) is 0 Å². The van der Waals surface area contributed by atoms with E-state index in [0.29, 0.717) is 5.92 Å². The monoisotopic (exact) mass is 145 g/mol. The molecule has 0 amide bonds. The number of piperidine rings is 1. The fourth-order valence-corrected chi connectivity index (χ4v) is 1.33. The summed E-state index contributed by atoms with van der Waals surface area (Å²) in [5.41, 5.74) is 0. The Morgan fingerprint density at radius 1 is 1.67 bits per heavy atom. The molecule has 1 aliphatic rings. The molecule has 0 aromatic heterocycles.